The van der Waals surface area contributed by atoms with Gasteiger partial charge in [-0.1, -0.05) is 30.3 Å². The molecule has 0 bridgehead atoms. The summed E-state index contributed by atoms with van der Waals surface area (Å²) < 4.78 is 0. The van der Waals surface area contributed by atoms with Crippen molar-refractivity contribution in [2.24, 2.45) is 0 Å². The van der Waals surface area contributed by atoms with E-state index in [0.29, 0.717) is 19.5 Å². The maximum absolute atomic E-state index is 12.0. The van der Waals surface area contributed by atoms with E-state index in [2.05, 4.69) is 5.32 Å². The Morgan fingerprint density at radius 2 is 2.05 bits per heavy atom. The first kappa shape index (κ1) is 13.5. The van der Waals surface area contributed by atoms with Gasteiger partial charge in [-0.05, 0) is 18.4 Å². The lowest BCUT2D eigenvalue weighted by atomic mass is 10.2. The van der Waals surface area contributed by atoms with Crippen LogP contribution in [0.1, 0.15) is 18.4 Å². The topological polar surface area (TPSA) is 69.6 Å². The van der Waals surface area contributed by atoms with Crippen molar-refractivity contribution in [3.63, 3.8) is 0 Å². The molecule has 1 aliphatic heterocycles. The second-order valence-corrected chi connectivity index (χ2v) is 4.67. The molecule has 0 saturated carbocycles. The van der Waals surface area contributed by atoms with Gasteiger partial charge >= 0.3 is 5.97 Å². The number of carboxylic acids is 1. The molecule has 0 spiro atoms. The van der Waals surface area contributed by atoms with Gasteiger partial charge in [0.25, 0.3) is 0 Å². The number of carbonyl (C=O) groups is 2. The normalized spacial score (nSPS) is 18.5. The van der Waals surface area contributed by atoms with Crippen LogP contribution < -0.4 is 5.32 Å². The number of carboxylic acid groups (broad SMARTS) is 1. The lowest BCUT2D eigenvalue weighted by Crippen LogP contribution is -2.44. The molecule has 2 rings (SSSR count). The highest BCUT2D eigenvalue weighted by atomic mass is 16.4. The third kappa shape index (κ3) is 3.54. The number of aliphatic carboxylic acids is 1. The minimum Gasteiger partial charge on any atom is -0.480 e. The van der Waals surface area contributed by atoms with Crippen LogP contribution in [0.15, 0.2) is 30.3 Å². The predicted molar refractivity (Wildman–Crippen MR) is 70.5 cm³/mol. The summed E-state index contributed by atoms with van der Waals surface area (Å²) in [5.74, 6) is -1.05. The lowest BCUT2D eigenvalue weighted by Gasteiger charge is -2.21. The zero-order chi connectivity index (χ0) is 13.7. The van der Waals surface area contributed by atoms with E-state index in [4.69, 9.17) is 5.11 Å². The smallest absolute Gasteiger partial charge is 0.326 e. The second-order valence-electron chi connectivity index (χ2n) is 4.67. The molecule has 2 N–H and O–H groups in total. The SMILES string of the molecule is O=C(O)C1CCCN1C(=O)CNCc1ccccc1. The number of carbonyl (C=O) groups excluding carboxylic acids is 1. The van der Waals surface area contributed by atoms with Crippen LogP contribution in [0.25, 0.3) is 0 Å². The van der Waals surface area contributed by atoms with Gasteiger partial charge in [-0.25, -0.2) is 4.79 Å². The Hall–Kier alpha value is -1.88. The Morgan fingerprint density at radius 3 is 2.74 bits per heavy atom. The molecule has 0 aliphatic carbocycles. The maximum Gasteiger partial charge on any atom is 0.326 e. The Kier molecular flexibility index (Phi) is 4.52. The van der Waals surface area contributed by atoms with Crippen molar-refractivity contribution in [2.75, 3.05) is 13.1 Å². The average Bonchev–Trinajstić information content (AvgIpc) is 2.89. The number of hydrogen-bond acceptors (Lipinski definition) is 3. The minimum absolute atomic E-state index is 0.138. The first-order valence-electron chi connectivity index (χ1n) is 6.45. The summed E-state index contributed by atoms with van der Waals surface area (Å²) in [4.78, 5) is 24.4. The monoisotopic (exact) mass is 262 g/mol. The summed E-state index contributed by atoms with van der Waals surface area (Å²) in [5, 5.41) is 12.1. The van der Waals surface area contributed by atoms with Gasteiger partial charge in [0.15, 0.2) is 0 Å². The number of hydrogen-bond donors (Lipinski definition) is 2. The molecule has 0 aromatic heterocycles. The number of likely N-dealkylation sites (tertiary alicyclic amines) is 1. The van der Waals surface area contributed by atoms with Crippen molar-refractivity contribution in [1.29, 1.82) is 0 Å². The number of amides is 1. The lowest BCUT2D eigenvalue weighted by molar-refractivity contribution is -0.147. The fourth-order valence-corrected chi connectivity index (χ4v) is 2.33. The highest BCUT2D eigenvalue weighted by Gasteiger charge is 2.33. The third-order valence-corrected chi connectivity index (χ3v) is 3.31. The van der Waals surface area contributed by atoms with Gasteiger partial charge in [-0.15, -0.1) is 0 Å². The van der Waals surface area contributed by atoms with Gasteiger partial charge in [0.2, 0.25) is 5.91 Å². The molecule has 19 heavy (non-hydrogen) atoms. The molecule has 1 unspecified atom stereocenters. The molecule has 1 aliphatic rings. The maximum atomic E-state index is 12.0. The minimum atomic E-state index is -0.908. The molecule has 0 radical (unpaired) electrons. The summed E-state index contributed by atoms with van der Waals surface area (Å²) in [6.45, 7) is 1.33. The summed E-state index contributed by atoms with van der Waals surface area (Å²) >= 11 is 0. The Balaban J connectivity index is 1.80. The highest BCUT2D eigenvalue weighted by Crippen LogP contribution is 2.17. The largest absolute Gasteiger partial charge is 0.480 e. The number of nitrogens with one attached hydrogen (secondary N) is 1. The Morgan fingerprint density at radius 1 is 1.32 bits per heavy atom. The molecule has 1 saturated heterocycles. The molecule has 5 nitrogen and oxygen atoms in total. The first-order valence-corrected chi connectivity index (χ1v) is 6.45. The molecule has 5 heteroatoms. The second kappa shape index (κ2) is 6.33. The van der Waals surface area contributed by atoms with Crippen LogP contribution in [0.2, 0.25) is 0 Å². The van der Waals surface area contributed by atoms with E-state index >= 15 is 0 Å². The third-order valence-electron chi connectivity index (χ3n) is 3.31. The molecule has 1 amide bonds. The molecule has 1 aromatic carbocycles. The fraction of sp³-hybridized carbons (Fsp3) is 0.429. The zero-order valence-corrected chi connectivity index (χ0v) is 10.7. The van der Waals surface area contributed by atoms with E-state index in [9.17, 15) is 9.59 Å². The fourth-order valence-electron chi connectivity index (χ4n) is 2.33. The van der Waals surface area contributed by atoms with E-state index in [-0.39, 0.29) is 12.5 Å². The first-order chi connectivity index (χ1) is 9.18. The van der Waals surface area contributed by atoms with Crippen molar-refractivity contribution < 1.29 is 14.7 Å². The standard InChI is InChI=1S/C14H18N2O3/c17-13(16-8-4-7-12(16)14(18)19)10-15-9-11-5-2-1-3-6-11/h1-3,5-6,12,15H,4,7-10H2,(H,18,19). The van der Waals surface area contributed by atoms with Crippen molar-refractivity contribution in [2.45, 2.75) is 25.4 Å². The van der Waals surface area contributed by atoms with E-state index in [1.54, 1.807) is 0 Å². The Labute approximate surface area is 112 Å². The summed E-state index contributed by atoms with van der Waals surface area (Å²) in [6, 6.07) is 9.14. The Bertz CT molecular complexity index is 447. The van der Waals surface area contributed by atoms with Crippen LogP contribution in [0.5, 0.6) is 0 Å². The average molecular weight is 262 g/mol. The quantitative estimate of drug-likeness (QED) is 0.825. The van der Waals surface area contributed by atoms with Crippen LogP contribution in [-0.4, -0.2) is 41.0 Å². The van der Waals surface area contributed by atoms with Gasteiger partial charge in [0, 0.05) is 13.1 Å². The van der Waals surface area contributed by atoms with Crippen LogP contribution in [0, 0.1) is 0 Å². The van der Waals surface area contributed by atoms with Gasteiger partial charge < -0.3 is 15.3 Å². The van der Waals surface area contributed by atoms with Crippen LogP contribution in [0.4, 0.5) is 0 Å². The number of benzene rings is 1. The van der Waals surface area contributed by atoms with Crippen LogP contribution in [-0.2, 0) is 16.1 Å². The van der Waals surface area contributed by atoms with Gasteiger partial charge in [-0.3, -0.25) is 4.79 Å². The molecule has 1 atom stereocenters. The molecule has 1 heterocycles. The molecular weight excluding hydrogens is 244 g/mol. The van der Waals surface area contributed by atoms with E-state index in [1.807, 2.05) is 30.3 Å². The van der Waals surface area contributed by atoms with Crippen molar-refractivity contribution in [3.05, 3.63) is 35.9 Å². The number of nitrogens with zero attached hydrogens (tertiary/aromatic N) is 1. The van der Waals surface area contributed by atoms with Gasteiger partial charge in [0.05, 0.1) is 6.54 Å². The predicted octanol–water partition coefficient (Wildman–Crippen LogP) is 0.852. The van der Waals surface area contributed by atoms with Crippen LogP contribution >= 0.6 is 0 Å². The molecule has 1 aromatic rings. The van der Waals surface area contributed by atoms with Crippen molar-refractivity contribution in [3.8, 4) is 0 Å². The van der Waals surface area contributed by atoms with Gasteiger partial charge in [-0.2, -0.15) is 0 Å². The van der Waals surface area contributed by atoms with Crippen molar-refractivity contribution in [1.82, 2.24) is 10.2 Å². The summed E-state index contributed by atoms with van der Waals surface area (Å²) in [6.07, 6.45) is 1.32. The summed E-state index contributed by atoms with van der Waals surface area (Å²) in [5.41, 5.74) is 1.10. The molecule has 1 fully saturated rings. The molecule has 102 valence electrons. The van der Waals surface area contributed by atoms with Crippen molar-refractivity contribution >= 4 is 11.9 Å². The van der Waals surface area contributed by atoms with Crippen LogP contribution in [0.3, 0.4) is 0 Å². The van der Waals surface area contributed by atoms with Gasteiger partial charge in [0.1, 0.15) is 6.04 Å². The van der Waals surface area contributed by atoms with E-state index < -0.39 is 12.0 Å². The highest BCUT2D eigenvalue weighted by molar-refractivity contribution is 5.85. The number of rotatable bonds is 5. The summed E-state index contributed by atoms with van der Waals surface area (Å²) in [7, 11) is 0. The van der Waals surface area contributed by atoms with E-state index in [1.165, 1.54) is 4.90 Å². The zero-order valence-electron chi connectivity index (χ0n) is 10.7. The van der Waals surface area contributed by atoms with E-state index in [0.717, 1.165) is 12.0 Å². The molecular formula is C14H18N2O3.